The van der Waals surface area contributed by atoms with Crippen LogP contribution in [0.1, 0.15) is 6.42 Å². The molecule has 6 nitrogen and oxygen atoms in total. The van der Waals surface area contributed by atoms with Gasteiger partial charge in [0.25, 0.3) is 5.91 Å². The maximum Gasteiger partial charge on any atom is 0.263 e. The van der Waals surface area contributed by atoms with Gasteiger partial charge in [0.15, 0.2) is 18.2 Å². The van der Waals surface area contributed by atoms with Crippen molar-refractivity contribution in [3.8, 4) is 22.6 Å². The fraction of sp³-hybridized carbons (Fsp3) is 0.333. The summed E-state index contributed by atoms with van der Waals surface area (Å²) >= 11 is 0. The average molecular weight is 344 g/mol. The predicted molar refractivity (Wildman–Crippen MR) is 88.2 cm³/mol. The lowest BCUT2D eigenvalue weighted by Gasteiger charge is -2.18. The Labute approximate surface area is 143 Å². The van der Waals surface area contributed by atoms with E-state index in [9.17, 15) is 9.18 Å². The molecule has 0 aliphatic carbocycles. The number of aromatic nitrogens is 1. The number of nitrogens with one attached hydrogen (secondary N) is 1. The van der Waals surface area contributed by atoms with Gasteiger partial charge >= 0.3 is 0 Å². The molecule has 1 aromatic carbocycles. The first-order valence-corrected chi connectivity index (χ1v) is 8.12. The number of fused-ring (bicyclic) bond motifs is 1. The summed E-state index contributed by atoms with van der Waals surface area (Å²) in [6.07, 6.45) is 2.53. The van der Waals surface area contributed by atoms with Gasteiger partial charge in [0.1, 0.15) is 11.6 Å². The van der Waals surface area contributed by atoms with E-state index in [4.69, 9.17) is 14.2 Å². The van der Waals surface area contributed by atoms with Gasteiger partial charge in [0, 0.05) is 29.8 Å². The first kappa shape index (κ1) is 15.8. The Hall–Kier alpha value is -2.67. The Bertz CT molecular complexity index is 806. The summed E-state index contributed by atoms with van der Waals surface area (Å²) in [7, 11) is 0. The van der Waals surface area contributed by atoms with Crippen LogP contribution in [-0.4, -0.2) is 37.3 Å². The number of carbonyl (C=O) groups excluding carboxylic acids is 1. The minimum absolute atomic E-state index is 0.0632. The van der Waals surface area contributed by atoms with E-state index < -0.39 is 0 Å². The largest absolute Gasteiger partial charge is 0.493 e. The lowest BCUT2D eigenvalue weighted by molar-refractivity contribution is -0.118. The third kappa shape index (κ3) is 3.41. The van der Waals surface area contributed by atoms with Crippen LogP contribution < -0.4 is 14.8 Å². The Balaban J connectivity index is 1.62. The Morgan fingerprint density at radius 2 is 2.28 bits per heavy atom. The third-order valence-corrected chi connectivity index (χ3v) is 4.22. The molecule has 1 fully saturated rings. The summed E-state index contributed by atoms with van der Waals surface area (Å²) in [5.74, 6) is 1.13. The van der Waals surface area contributed by atoms with Crippen molar-refractivity contribution in [2.24, 2.45) is 5.92 Å². The highest BCUT2D eigenvalue weighted by Crippen LogP contribution is 2.36. The number of rotatable bonds is 4. The summed E-state index contributed by atoms with van der Waals surface area (Å²) in [5, 5.41) is 2.63. The molecule has 1 N–H and O–H groups in total. The summed E-state index contributed by atoms with van der Waals surface area (Å²) < 4.78 is 30.4. The van der Waals surface area contributed by atoms with Crippen molar-refractivity contribution in [1.29, 1.82) is 0 Å². The highest BCUT2D eigenvalue weighted by Gasteiger charge is 2.20. The molecule has 0 saturated carbocycles. The molecule has 0 bridgehead atoms. The molecule has 4 rings (SSSR count). The van der Waals surface area contributed by atoms with Gasteiger partial charge < -0.3 is 19.5 Å². The van der Waals surface area contributed by atoms with Gasteiger partial charge in [-0.05, 0) is 30.7 Å². The molecule has 1 amide bonds. The van der Waals surface area contributed by atoms with Crippen molar-refractivity contribution in [2.45, 2.75) is 6.42 Å². The number of halogens is 1. The molecule has 130 valence electrons. The van der Waals surface area contributed by atoms with E-state index in [1.165, 1.54) is 12.1 Å². The van der Waals surface area contributed by atoms with Crippen LogP contribution >= 0.6 is 0 Å². The number of carbonyl (C=O) groups is 1. The molecule has 0 radical (unpaired) electrons. The number of benzene rings is 1. The molecule has 2 aliphatic rings. The monoisotopic (exact) mass is 344 g/mol. The van der Waals surface area contributed by atoms with Crippen LogP contribution in [0.5, 0.6) is 11.5 Å². The number of ether oxygens (including phenoxy) is 3. The van der Waals surface area contributed by atoms with Crippen molar-refractivity contribution in [3.05, 3.63) is 36.3 Å². The highest BCUT2D eigenvalue weighted by molar-refractivity contribution is 5.94. The second kappa shape index (κ2) is 6.68. The smallest absolute Gasteiger partial charge is 0.263 e. The SMILES string of the molecule is O=C1COc2cc(-c3cc(F)ccc3OCC3CCOC3)cnc2N1. The Morgan fingerprint density at radius 3 is 3.12 bits per heavy atom. The number of amides is 1. The number of hydrogen-bond donors (Lipinski definition) is 1. The molecule has 1 unspecified atom stereocenters. The van der Waals surface area contributed by atoms with Crippen LogP contribution in [0.25, 0.3) is 11.1 Å². The average Bonchev–Trinajstić information content (AvgIpc) is 3.14. The molecule has 2 aromatic rings. The normalized spacial score (nSPS) is 19.1. The van der Waals surface area contributed by atoms with Crippen molar-refractivity contribution in [2.75, 3.05) is 31.7 Å². The second-order valence-electron chi connectivity index (χ2n) is 6.09. The van der Waals surface area contributed by atoms with Gasteiger partial charge in [0.05, 0.1) is 13.2 Å². The molecule has 1 saturated heterocycles. The zero-order valence-corrected chi connectivity index (χ0v) is 13.5. The van der Waals surface area contributed by atoms with Crippen molar-refractivity contribution >= 4 is 11.7 Å². The van der Waals surface area contributed by atoms with E-state index in [1.807, 2.05) is 0 Å². The van der Waals surface area contributed by atoms with E-state index in [2.05, 4.69) is 10.3 Å². The Morgan fingerprint density at radius 1 is 1.36 bits per heavy atom. The van der Waals surface area contributed by atoms with Gasteiger partial charge in [-0.1, -0.05) is 0 Å². The van der Waals surface area contributed by atoms with Crippen LogP contribution in [0.4, 0.5) is 10.2 Å². The summed E-state index contributed by atoms with van der Waals surface area (Å²) in [5.41, 5.74) is 1.25. The standard InChI is InChI=1S/C18H17FN2O4/c19-13-1-2-15(24-9-11-3-4-23-8-11)14(6-13)12-5-16-18(20-7-12)21-17(22)10-25-16/h1-2,5-7,11H,3-4,8-10H2,(H,20,21,22). The topological polar surface area (TPSA) is 69.7 Å². The number of pyridine rings is 1. The fourth-order valence-electron chi connectivity index (χ4n) is 2.88. The van der Waals surface area contributed by atoms with Gasteiger partial charge in [-0.3, -0.25) is 4.79 Å². The zero-order valence-electron chi connectivity index (χ0n) is 13.5. The van der Waals surface area contributed by atoms with E-state index in [1.54, 1.807) is 18.3 Å². The van der Waals surface area contributed by atoms with Crippen LogP contribution in [-0.2, 0) is 9.53 Å². The molecule has 3 heterocycles. The quantitative estimate of drug-likeness (QED) is 0.923. The van der Waals surface area contributed by atoms with Crippen LogP contribution in [0.2, 0.25) is 0 Å². The van der Waals surface area contributed by atoms with Crippen LogP contribution in [0.15, 0.2) is 30.5 Å². The molecule has 2 aliphatic heterocycles. The minimum atomic E-state index is -0.363. The molecular weight excluding hydrogens is 327 g/mol. The summed E-state index contributed by atoms with van der Waals surface area (Å²) in [6.45, 7) is 1.89. The van der Waals surface area contributed by atoms with E-state index in [-0.39, 0.29) is 18.3 Å². The van der Waals surface area contributed by atoms with Crippen molar-refractivity contribution in [3.63, 3.8) is 0 Å². The fourth-order valence-corrected chi connectivity index (χ4v) is 2.88. The minimum Gasteiger partial charge on any atom is -0.493 e. The first-order valence-electron chi connectivity index (χ1n) is 8.12. The molecule has 7 heteroatoms. The Kier molecular flexibility index (Phi) is 4.23. The van der Waals surface area contributed by atoms with Gasteiger partial charge in [-0.2, -0.15) is 0 Å². The first-order chi connectivity index (χ1) is 12.2. The molecule has 1 atom stereocenters. The van der Waals surface area contributed by atoms with E-state index >= 15 is 0 Å². The van der Waals surface area contributed by atoms with Gasteiger partial charge in [-0.15, -0.1) is 0 Å². The lowest BCUT2D eigenvalue weighted by atomic mass is 10.1. The number of anilines is 1. The van der Waals surface area contributed by atoms with Crippen molar-refractivity contribution < 1.29 is 23.4 Å². The van der Waals surface area contributed by atoms with Crippen LogP contribution in [0.3, 0.4) is 0 Å². The molecule has 0 spiro atoms. The zero-order chi connectivity index (χ0) is 17.2. The lowest BCUT2D eigenvalue weighted by Crippen LogP contribution is -2.26. The van der Waals surface area contributed by atoms with E-state index in [0.717, 1.165) is 13.0 Å². The molecule has 1 aromatic heterocycles. The molecule has 25 heavy (non-hydrogen) atoms. The maximum atomic E-state index is 13.8. The number of hydrogen-bond acceptors (Lipinski definition) is 5. The van der Waals surface area contributed by atoms with Gasteiger partial charge in [-0.25, -0.2) is 9.37 Å². The second-order valence-corrected chi connectivity index (χ2v) is 6.09. The van der Waals surface area contributed by atoms with Crippen molar-refractivity contribution in [1.82, 2.24) is 4.98 Å². The highest BCUT2D eigenvalue weighted by atomic mass is 19.1. The number of nitrogens with zero attached hydrogens (tertiary/aromatic N) is 1. The van der Waals surface area contributed by atoms with E-state index in [0.29, 0.717) is 47.6 Å². The molecular formula is C18H17FN2O4. The summed E-state index contributed by atoms with van der Waals surface area (Å²) in [4.78, 5) is 15.5. The third-order valence-electron chi connectivity index (χ3n) is 4.22. The van der Waals surface area contributed by atoms with Crippen LogP contribution in [0, 0.1) is 11.7 Å². The van der Waals surface area contributed by atoms with Gasteiger partial charge in [0.2, 0.25) is 0 Å². The predicted octanol–water partition coefficient (Wildman–Crippen LogP) is 2.63. The maximum absolute atomic E-state index is 13.8. The summed E-state index contributed by atoms with van der Waals surface area (Å²) in [6, 6.07) is 6.11.